The Balaban J connectivity index is 2.35. The lowest BCUT2D eigenvalue weighted by Crippen LogP contribution is -2.14. The Morgan fingerprint density at radius 3 is 2.72 bits per heavy atom. The van der Waals surface area contributed by atoms with Gasteiger partial charge in [0.15, 0.2) is 0 Å². The van der Waals surface area contributed by atoms with Crippen molar-refractivity contribution in [2.24, 2.45) is 0 Å². The first-order valence-corrected chi connectivity index (χ1v) is 6.03. The minimum absolute atomic E-state index is 0.238. The Morgan fingerprint density at radius 1 is 1.33 bits per heavy atom. The third kappa shape index (κ3) is 2.86. The van der Waals surface area contributed by atoms with Crippen LogP contribution in [0.4, 0.5) is 0 Å². The fraction of sp³-hybridized carbons (Fsp3) is 0.154. The Labute approximate surface area is 114 Å². The molecule has 1 atom stereocenters. The van der Waals surface area contributed by atoms with Gasteiger partial charge in [-0.05, 0) is 35.9 Å². The molecule has 0 radical (unpaired) electrons. The second-order valence-corrected chi connectivity index (χ2v) is 4.68. The SMILES string of the molecule is O=C(O)C(Cc1ccco1)c1cc(Cl)ccc1Cl. The summed E-state index contributed by atoms with van der Waals surface area (Å²) in [6.07, 6.45) is 1.75. The maximum Gasteiger partial charge on any atom is 0.311 e. The van der Waals surface area contributed by atoms with Crippen molar-refractivity contribution in [3.63, 3.8) is 0 Å². The van der Waals surface area contributed by atoms with Crippen LogP contribution in [0.15, 0.2) is 41.0 Å². The summed E-state index contributed by atoms with van der Waals surface area (Å²) in [7, 11) is 0. The number of aliphatic carboxylic acids is 1. The molecule has 0 amide bonds. The van der Waals surface area contributed by atoms with E-state index in [-0.39, 0.29) is 6.42 Å². The summed E-state index contributed by atoms with van der Waals surface area (Å²) in [6.45, 7) is 0. The normalized spacial score (nSPS) is 12.3. The Bertz CT molecular complexity index is 549. The van der Waals surface area contributed by atoms with Gasteiger partial charge in [0.1, 0.15) is 5.76 Å². The van der Waals surface area contributed by atoms with Crippen molar-refractivity contribution in [1.29, 1.82) is 0 Å². The van der Waals surface area contributed by atoms with Crippen molar-refractivity contribution < 1.29 is 14.3 Å². The topological polar surface area (TPSA) is 50.4 Å². The van der Waals surface area contributed by atoms with E-state index < -0.39 is 11.9 Å². The first-order chi connectivity index (χ1) is 8.58. The lowest BCUT2D eigenvalue weighted by atomic mass is 9.94. The molecule has 1 unspecified atom stereocenters. The number of carboxylic acids is 1. The second-order valence-electron chi connectivity index (χ2n) is 3.84. The lowest BCUT2D eigenvalue weighted by molar-refractivity contribution is -0.138. The molecule has 1 aromatic heterocycles. The molecule has 0 aliphatic carbocycles. The summed E-state index contributed by atoms with van der Waals surface area (Å²) in [4.78, 5) is 11.3. The third-order valence-electron chi connectivity index (χ3n) is 2.62. The van der Waals surface area contributed by atoms with Gasteiger partial charge in [-0.1, -0.05) is 23.2 Å². The molecule has 1 heterocycles. The molecule has 5 heteroatoms. The number of hydrogen-bond acceptors (Lipinski definition) is 2. The van der Waals surface area contributed by atoms with Crippen LogP contribution in [-0.2, 0) is 11.2 Å². The van der Waals surface area contributed by atoms with Crippen molar-refractivity contribution in [2.75, 3.05) is 0 Å². The monoisotopic (exact) mass is 284 g/mol. The van der Waals surface area contributed by atoms with Crippen LogP contribution in [-0.4, -0.2) is 11.1 Å². The zero-order valence-corrected chi connectivity index (χ0v) is 10.8. The molecule has 2 rings (SSSR count). The molecule has 0 saturated heterocycles. The third-order valence-corrected chi connectivity index (χ3v) is 3.20. The molecule has 1 N–H and O–H groups in total. The number of halogens is 2. The summed E-state index contributed by atoms with van der Waals surface area (Å²) in [5.41, 5.74) is 0.494. The molecule has 0 aliphatic rings. The van der Waals surface area contributed by atoms with Gasteiger partial charge in [0.25, 0.3) is 0 Å². The molecule has 0 spiro atoms. The Kier molecular flexibility index (Phi) is 3.94. The van der Waals surface area contributed by atoms with Gasteiger partial charge in [0.05, 0.1) is 12.2 Å². The van der Waals surface area contributed by atoms with E-state index in [1.807, 2.05) is 0 Å². The minimum atomic E-state index is -0.962. The Morgan fingerprint density at radius 2 is 2.11 bits per heavy atom. The van der Waals surface area contributed by atoms with Crippen molar-refractivity contribution in [3.8, 4) is 0 Å². The lowest BCUT2D eigenvalue weighted by Gasteiger charge is -2.13. The molecule has 3 nitrogen and oxygen atoms in total. The van der Waals surface area contributed by atoms with Crippen LogP contribution in [0.1, 0.15) is 17.2 Å². The molecular weight excluding hydrogens is 275 g/mol. The largest absolute Gasteiger partial charge is 0.481 e. The van der Waals surface area contributed by atoms with Crippen LogP contribution in [0.5, 0.6) is 0 Å². The number of carbonyl (C=O) groups is 1. The molecule has 2 aromatic rings. The standard InChI is InChI=1S/C13H10Cl2O3/c14-8-3-4-12(15)10(6-8)11(13(16)17)7-9-2-1-5-18-9/h1-6,11H,7H2,(H,16,17). The molecule has 0 fully saturated rings. The van der Waals surface area contributed by atoms with Crippen LogP contribution in [0.2, 0.25) is 10.0 Å². The van der Waals surface area contributed by atoms with Crippen LogP contribution in [0.25, 0.3) is 0 Å². The minimum Gasteiger partial charge on any atom is -0.481 e. The highest BCUT2D eigenvalue weighted by Gasteiger charge is 2.24. The molecular formula is C13H10Cl2O3. The van der Waals surface area contributed by atoms with Crippen molar-refractivity contribution in [3.05, 3.63) is 58.0 Å². The van der Waals surface area contributed by atoms with Gasteiger partial charge in [0.2, 0.25) is 0 Å². The van der Waals surface area contributed by atoms with Crippen molar-refractivity contribution >= 4 is 29.2 Å². The predicted molar refractivity (Wildman–Crippen MR) is 69.3 cm³/mol. The van der Waals surface area contributed by atoms with Gasteiger partial charge in [-0.25, -0.2) is 0 Å². The smallest absolute Gasteiger partial charge is 0.311 e. The predicted octanol–water partition coefficient (Wildman–Crippen LogP) is 4.00. The fourth-order valence-electron chi connectivity index (χ4n) is 1.74. The average Bonchev–Trinajstić information content (AvgIpc) is 2.82. The van der Waals surface area contributed by atoms with E-state index in [1.54, 1.807) is 30.3 Å². The average molecular weight is 285 g/mol. The molecule has 0 saturated carbocycles. The zero-order chi connectivity index (χ0) is 13.1. The van der Waals surface area contributed by atoms with E-state index in [0.717, 1.165) is 0 Å². The number of rotatable bonds is 4. The first kappa shape index (κ1) is 13.0. The molecule has 18 heavy (non-hydrogen) atoms. The van der Waals surface area contributed by atoms with E-state index in [2.05, 4.69) is 0 Å². The maximum atomic E-state index is 11.3. The molecule has 1 aromatic carbocycles. The molecule has 94 valence electrons. The quantitative estimate of drug-likeness (QED) is 0.923. The highest BCUT2D eigenvalue weighted by molar-refractivity contribution is 6.33. The van der Waals surface area contributed by atoms with Gasteiger partial charge in [0, 0.05) is 16.5 Å². The number of carboxylic acid groups (broad SMARTS) is 1. The van der Waals surface area contributed by atoms with Crippen LogP contribution >= 0.6 is 23.2 Å². The number of furan rings is 1. The zero-order valence-electron chi connectivity index (χ0n) is 9.27. The highest BCUT2D eigenvalue weighted by Crippen LogP contribution is 2.30. The Hall–Kier alpha value is -1.45. The number of benzene rings is 1. The summed E-state index contributed by atoms with van der Waals surface area (Å²) in [5, 5.41) is 10.1. The second kappa shape index (κ2) is 5.46. The van der Waals surface area contributed by atoms with Gasteiger partial charge < -0.3 is 9.52 Å². The highest BCUT2D eigenvalue weighted by atomic mass is 35.5. The fourth-order valence-corrected chi connectivity index (χ4v) is 2.17. The van der Waals surface area contributed by atoms with E-state index >= 15 is 0 Å². The van der Waals surface area contributed by atoms with Gasteiger partial charge >= 0.3 is 5.97 Å². The van der Waals surface area contributed by atoms with E-state index in [9.17, 15) is 9.90 Å². The van der Waals surface area contributed by atoms with Crippen molar-refractivity contribution in [2.45, 2.75) is 12.3 Å². The summed E-state index contributed by atoms with van der Waals surface area (Å²) >= 11 is 11.9. The van der Waals surface area contributed by atoms with Crippen LogP contribution in [0.3, 0.4) is 0 Å². The first-order valence-electron chi connectivity index (χ1n) is 5.28. The van der Waals surface area contributed by atoms with Gasteiger partial charge in [-0.2, -0.15) is 0 Å². The molecule has 0 bridgehead atoms. The maximum absolute atomic E-state index is 11.3. The van der Waals surface area contributed by atoms with E-state index in [4.69, 9.17) is 27.6 Å². The van der Waals surface area contributed by atoms with E-state index in [0.29, 0.717) is 21.4 Å². The van der Waals surface area contributed by atoms with Gasteiger partial charge in [-0.3, -0.25) is 4.79 Å². The summed E-state index contributed by atoms with van der Waals surface area (Å²) < 4.78 is 5.17. The van der Waals surface area contributed by atoms with Crippen LogP contribution < -0.4 is 0 Å². The van der Waals surface area contributed by atoms with Gasteiger partial charge in [-0.15, -0.1) is 0 Å². The number of hydrogen-bond donors (Lipinski definition) is 1. The van der Waals surface area contributed by atoms with E-state index in [1.165, 1.54) is 6.26 Å². The molecule has 0 aliphatic heterocycles. The summed E-state index contributed by atoms with van der Waals surface area (Å²) in [5.74, 6) is -1.14. The summed E-state index contributed by atoms with van der Waals surface area (Å²) in [6, 6.07) is 8.24. The van der Waals surface area contributed by atoms with Crippen LogP contribution in [0, 0.1) is 0 Å². The van der Waals surface area contributed by atoms with Crippen molar-refractivity contribution in [1.82, 2.24) is 0 Å².